The Hall–Kier alpha value is -0.790. The van der Waals surface area contributed by atoms with Crippen molar-refractivity contribution in [2.45, 2.75) is 0 Å². The molecule has 0 spiro atoms. The summed E-state index contributed by atoms with van der Waals surface area (Å²) in [6.45, 7) is 4.20. The van der Waals surface area contributed by atoms with Crippen molar-refractivity contribution in [2.24, 2.45) is 10.7 Å². The van der Waals surface area contributed by atoms with Crippen molar-refractivity contribution < 1.29 is 8.42 Å². The predicted molar refractivity (Wildman–Crippen MR) is 123 cm³/mol. The third kappa shape index (κ3) is 6.36. The first-order chi connectivity index (χ1) is 12.6. The van der Waals surface area contributed by atoms with Crippen molar-refractivity contribution in [3.63, 3.8) is 0 Å². The van der Waals surface area contributed by atoms with Crippen molar-refractivity contribution in [1.82, 2.24) is 14.2 Å². The molecular formula is C16H27IN6O2S2. The number of guanidine groups is 1. The summed E-state index contributed by atoms with van der Waals surface area (Å²) in [7, 11) is -3.31. The summed E-state index contributed by atoms with van der Waals surface area (Å²) in [5, 5.41) is 0. The molecule has 152 valence electrons. The average molecular weight is 526 g/mol. The van der Waals surface area contributed by atoms with Gasteiger partial charge in [-0.05, 0) is 12.1 Å². The lowest BCUT2D eigenvalue weighted by Crippen LogP contribution is -2.49. The van der Waals surface area contributed by atoms with Crippen LogP contribution < -0.4 is 10.6 Å². The number of rotatable bonds is 5. The molecule has 0 bridgehead atoms. The highest BCUT2D eigenvalue weighted by atomic mass is 127. The fraction of sp³-hybridized carbons (Fsp3) is 0.625. The Morgan fingerprint density at radius 2 is 1.85 bits per heavy atom. The monoisotopic (exact) mass is 526 g/mol. The van der Waals surface area contributed by atoms with Crippen LogP contribution in [0.1, 0.15) is 0 Å². The molecule has 2 aliphatic heterocycles. The number of nitrogens with zero attached hydrogens (tertiary/aromatic N) is 5. The third-order valence-corrected chi connectivity index (χ3v) is 7.36. The highest BCUT2D eigenvalue weighted by Gasteiger charge is 2.27. The number of halogens is 1. The Morgan fingerprint density at radius 3 is 2.48 bits per heavy atom. The Balaban J connectivity index is 0.00000261. The molecule has 1 aromatic rings. The molecule has 0 atom stereocenters. The zero-order valence-electron chi connectivity index (χ0n) is 15.2. The fourth-order valence-electron chi connectivity index (χ4n) is 3.03. The van der Waals surface area contributed by atoms with Crippen LogP contribution in [0, 0.1) is 0 Å². The van der Waals surface area contributed by atoms with Gasteiger partial charge < -0.3 is 15.5 Å². The van der Waals surface area contributed by atoms with E-state index in [2.05, 4.69) is 14.9 Å². The molecule has 0 saturated carbocycles. The molecule has 0 unspecified atom stereocenters. The number of hydrogen-bond acceptors (Lipinski definition) is 6. The van der Waals surface area contributed by atoms with E-state index in [0.29, 0.717) is 32.1 Å². The van der Waals surface area contributed by atoms with Crippen LogP contribution in [0.4, 0.5) is 5.82 Å². The van der Waals surface area contributed by atoms with Gasteiger partial charge in [-0.1, -0.05) is 6.07 Å². The second kappa shape index (κ2) is 10.7. The van der Waals surface area contributed by atoms with Gasteiger partial charge in [-0.25, -0.2) is 13.4 Å². The maximum absolute atomic E-state index is 12.6. The van der Waals surface area contributed by atoms with E-state index in [0.717, 1.165) is 30.4 Å². The highest BCUT2D eigenvalue weighted by molar-refractivity contribution is 14.0. The van der Waals surface area contributed by atoms with Crippen molar-refractivity contribution in [3.05, 3.63) is 24.4 Å². The third-order valence-electron chi connectivity index (χ3n) is 4.56. The van der Waals surface area contributed by atoms with Gasteiger partial charge in [0, 0.05) is 57.0 Å². The van der Waals surface area contributed by atoms with Crippen LogP contribution in [0.2, 0.25) is 0 Å². The van der Waals surface area contributed by atoms with Gasteiger partial charge in [0.25, 0.3) is 0 Å². The number of piperazine rings is 1. The summed E-state index contributed by atoms with van der Waals surface area (Å²) in [6.07, 6.45) is 1.75. The Bertz CT molecular complexity index is 705. The molecule has 0 aromatic carbocycles. The summed E-state index contributed by atoms with van der Waals surface area (Å²) in [4.78, 5) is 12.7. The van der Waals surface area contributed by atoms with Gasteiger partial charge in [0.05, 0.1) is 12.3 Å². The first kappa shape index (κ1) is 22.5. The normalized spacial score (nSPS) is 19.6. The zero-order chi connectivity index (χ0) is 18.4. The summed E-state index contributed by atoms with van der Waals surface area (Å²) in [6, 6.07) is 5.76. The minimum absolute atomic E-state index is 0. The maximum Gasteiger partial charge on any atom is 0.216 e. The average Bonchev–Trinajstić information content (AvgIpc) is 2.69. The lowest BCUT2D eigenvalue weighted by Gasteiger charge is -2.34. The minimum atomic E-state index is -3.31. The fourth-order valence-corrected chi connectivity index (χ4v) is 5.24. The van der Waals surface area contributed by atoms with Crippen LogP contribution in [0.15, 0.2) is 29.4 Å². The molecule has 27 heavy (non-hydrogen) atoms. The highest BCUT2D eigenvalue weighted by Crippen LogP contribution is 2.15. The van der Waals surface area contributed by atoms with E-state index < -0.39 is 10.0 Å². The number of nitrogens with two attached hydrogens (primary N) is 1. The van der Waals surface area contributed by atoms with Crippen molar-refractivity contribution in [2.75, 3.05) is 68.0 Å². The van der Waals surface area contributed by atoms with E-state index in [-0.39, 0.29) is 36.3 Å². The summed E-state index contributed by atoms with van der Waals surface area (Å²) < 4.78 is 26.7. The van der Waals surface area contributed by atoms with Crippen molar-refractivity contribution in [3.8, 4) is 0 Å². The molecule has 8 nitrogen and oxygen atoms in total. The van der Waals surface area contributed by atoms with Crippen molar-refractivity contribution >= 4 is 57.5 Å². The lowest BCUT2D eigenvalue weighted by atomic mass is 10.3. The molecule has 11 heteroatoms. The first-order valence-corrected chi connectivity index (χ1v) is 11.6. The number of anilines is 1. The Kier molecular flexibility index (Phi) is 8.89. The molecule has 2 aliphatic rings. The van der Waals surface area contributed by atoms with Gasteiger partial charge in [0.15, 0.2) is 5.96 Å². The number of hydrogen-bond donors (Lipinski definition) is 1. The summed E-state index contributed by atoms with van der Waals surface area (Å²) in [5.41, 5.74) is 5.98. The second-order valence-electron chi connectivity index (χ2n) is 6.23. The first-order valence-electron chi connectivity index (χ1n) is 8.83. The Labute approximate surface area is 182 Å². The van der Waals surface area contributed by atoms with Crippen LogP contribution in [0.25, 0.3) is 0 Å². The van der Waals surface area contributed by atoms with Gasteiger partial charge in [0.2, 0.25) is 10.0 Å². The number of pyridine rings is 1. The van der Waals surface area contributed by atoms with Gasteiger partial charge in [-0.15, -0.1) is 24.0 Å². The molecule has 3 heterocycles. The van der Waals surface area contributed by atoms with Crippen LogP contribution in [-0.4, -0.2) is 91.6 Å². The number of thioether (sulfide) groups is 1. The molecule has 0 amide bonds. The smallest absolute Gasteiger partial charge is 0.216 e. The number of aromatic nitrogens is 1. The zero-order valence-corrected chi connectivity index (χ0v) is 19.2. The molecule has 1 aromatic heterocycles. The molecular weight excluding hydrogens is 499 g/mol. The maximum atomic E-state index is 12.6. The van der Waals surface area contributed by atoms with Gasteiger partial charge in [-0.3, -0.25) is 4.99 Å². The van der Waals surface area contributed by atoms with Crippen LogP contribution >= 0.6 is 35.7 Å². The van der Waals surface area contributed by atoms with E-state index in [1.807, 2.05) is 34.9 Å². The minimum Gasteiger partial charge on any atom is -0.370 e. The van der Waals surface area contributed by atoms with Crippen LogP contribution in [0.3, 0.4) is 0 Å². The van der Waals surface area contributed by atoms with Crippen LogP contribution in [-0.2, 0) is 10.0 Å². The quantitative estimate of drug-likeness (QED) is 0.340. The van der Waals surface area contributed by atoms with Crippen LogP contribution in [0.5, 0.6) is 0 Å². The Morgan fingerprint density at radius 1 is 1.15 bits per heavy atom. The molecule has 0 aliphatic carbocycles. The molecule has 2 saturated heterocycles. The van der Waals surface area contributed by atoms with Gasteiger partial charge >= 0.3 is 0 Å². The molecule has 2 fully saturated rings. The van der Waals surface area contributed by atoms with E-state index in [9.17, 15) is 8.42 Å². The number of sulfonamides is 1. The van der Waals surface area contributed by atoms with E-state index in [4.69, 9.17) is 5.73 Å². The molecule has 0 radical (unpaired) electrons. The standard InChI is InChI=1S/C16H26N6O2S2.HI/c17-16(21-10-12-25-13-11-21)19-5-14-26(23,24)22-8-6-20(7-9-22)15-3-1-2-4-18-15;/h1-4H,5-14H2,(H2,17,19);1H. The van der Waals surface area contributed by atoms with E-state index >= 15 is 0 Å². The number of aliphatic imine (C=N–C) groups is 1. The van der Waals surface area contributed by atoms with E-state index in [1.54, 1.807) is 10.5 Å². The van der Waals surface area contributed by atoms with Gasteiger partial charge in [-0.2, -0.15) is 16.1 Å². The lowest BCUT2D eigenvalue weighted by molar-refractivity contribution is 0.384. The molecule has 2 N–H and O–H groups in total. The summed E-state index contributed by atoms with van der Waals surface area (Å²) >= 11 is 1.90. The second-order valence-corrected chi connectivity index (χ2v) is 9.54. The summed E-state index contributed by atoms with van der Waals surface area (Å²) in [5.74, 6) is 3.42. The van der Waals surface area contributed by atoms with Crippen molar-refractivity contribution in [1.29, 1.82) is 0 Å². The van der Waals surface area contributed by atoms with Gasteiger partial charge in [0.1, 0.15) is 5.82 Å². The largest absolute Gasteiger partial charge is 0.370 e. The molecule has 3 rings (SSSR count). The van der Waals surface area contributed by atoms with E-state index in [1.165, 1.54) is 0 Å². The SMILES string of the molecule is I.NC(=NCCS(=O)(=O)N1CCN(c2ccccn2)CC1)N1CCSCC1. The topological polar surface area (TPSA) is 95.1 Å². The predicted octanol–water partition coefficient (Wildman–Crippen LogP) is 0.515.